The van der Waals surface area contributed by atoms with E-state index >= 15 is 0 Å². The molecule has 2 heterocycles. The normalized spacial score (nSPS) is 10.7. The van der Waals surface area contributed by atoms with E-state index in [1.807, 2.05) is 47.8 Å². The van der Waals surface area contributed by atoms with Gasteiger partial charge in [-0.25, -0.2) is 9.78 Å². The van der Waals surface area contributed by atoms with E-state index in [1.54, 1.807) is 19.2 Å². The second-order valence-electron chi connectivity index (χ2n) is 6.04. The van der Waals surface area contributed by atoms with Crippen molar-refractivity contribution in [2.24, 2.45) is 0 Å². The van der Waals surface area contributed by atoms with Crippen LogP contribution < -0.4 is 10.1 Å². The average molecular weight is 408 g/mol. The summed E-state index contributed by atoms with van der Waals surface area (Å²) in [4.78, 5) is 28.6. The van der Waals surface area contributed by atoms with Crippen LogP contribution in [0.15, 0.2) is 64.4 Å². The number of hydrogen-bond acceptors (Lipinski definition) is 7. The Kier molecular flexibility index (Phi) is 5.26. The molecule has 0 aliphatic heterocycles. The van der Waals surface area contributed by atoms with Crippen molar-refractivity contribution in [3.8, 4) is 17.0 Å². The number of amides is 1. The molecule has 0 unspecified atom stereocenters. The summed E-state index contributed by atoms with van der Waals surface area (Å²) in [6.45, 7) is -0.437. The van der Waals surface area contributed by atoms with Crippen molar-refractivity contribution in [2.45, 2.75) is 0 Å². The third-order valence-corrected chi connectivity index (χ3v) is 4.86. The molecule has 0 saturated carbocycles. The Morgan fingerprint density at radius 2 is 1.93 bits per heavy atom. The highest BCUT2D eigenvalue weighted by molar-refractivity contribution is 7.14. The van der Waals surface area contributed by atoms with E-state index in [4.69, 9.17) is 13.9 Å². The zero-order valence-corrected chi connectivity index (χ0v) is 16.2. The number of aromatic nitrogens is 1. The molecule has 0 bridgehead atoms. The van der Waals surface area contributed by atoms with E-state index in [0.717, 1.165) is 22.4 Å². The summed E-state index contributed by atoms with van der Waals surface area (Å²) < 4.78 is 15.6. The van der Waals surface area contributed by atoms with Crippen LogP contribution in [-0.4, -0.2) is 30.6 Å². The number of benzene rings is 2. The smallest absolute Gasteiger partial charge is 0.374 e. The average Bonchev–Trinajstić information content (AvgIpc) is 3.39. The van der Waals surface area contributed by atoms with Crippen LogP contribution in [-0.2, 0) is 9.53 Å². The second kappa shape index (κ2) is 8.15. The minimum absolute atomic E-state index is 0.0510. The molecule has 2 aromatic carbocycles. The third kappa shape index (κ3) is 4.27. The maximum absolute atomic E-state index is 12.1. The molecule has 8 heteroatoms. The van der Waals surface area contributed by atoms with Gasteiger partial charge in [-0.2, -0.15) is 0 Å². The van der Waals surface area contributed by atoms with Gasteiger partial charge in [-0.15, -0.1) is 11.3 Å². The van der Waals surface area contributed by atoms with Gasteiger partial charge in [-0.3, -0.25) is 10.1 Å². The number of nitrogens with one attached hydrogen (secondary N) is 1. The molecule has 2 aromatic heterocycles. The van der Waals surface area contributed by atoms with Crippen molar-refractivity contribution in [1.82, 2.24) is 4.98 Å². The maximum atomic E-state index is 12.1. The van der Waals surface area contributed by atoms with Gasteiger partial charge in [0.2, 0.25) is 5.76 Å². The van der Waals surface area contributed by atoms with Gasteiger partial charge in [0.15, 0.2) is 11.7 Å². The molecule has 1 N–H and O–H groups in total. The van der Waals surface area contributed by atoms with Crippen LogP contribution in [0.5, 0.6) is 5.75 Å². The van der Waals surface area contributed by atoms with Crippen LogP contribution in [0.3, 0.4) is 0 Å². The summed E-state index contributed by atoms with van der Waals surface area (Å²) in [5.41, 5.74) is 2.21. The minimum Gasteiger partial charge on any atom is -0.497 e. The van der Waals surface area contributed by atoms with Crippen LogP contribution in [0, 0.1) is 0 Å². The van der Waals surface area contributed by atoms with Gasteiger partial charge in [0.1, 0.15) is 11.3 Å². The Morgan fingerprint density at radius 3 is 2.69 bits per heavy atom. The number of furan rings is 1. The first kappa shape index (κ1) is 18.7. The summed E-state index contributed by atoms with van der Waals surface area (Å²) in [6.07, 6.45) is 0. The van der Waals surface area contributed by atoms with E-state index < -0.39 is 18.5 Å². The number of anilines is 1. The van der Waals surface area contributed by atoms with E-state index in [0.29, 0.717) is 10.7 Å². The first-order chi connectivity index (χ1) is 14.1. The van der Waals surface area contributed by atoms with Crippen LogP contribution in [0.25, 0.3) is 22.2 Å². The summed E-state index contributed by atoms with van der Waals surface area (Å²) >= 11 is 1.28. The van der Waals surface area contributed by atoms with E-state index in [2.05, 4.69) is 10.3 Å². The van der Waals surface area contributed by atoms with Gasteiger partial charge in [0.25, 0.3) is 5.91 Å². The number of fused-ring (bicyclic) bond motifs is 1. The van der Waals surface area contributed by atoms with Crippen molar-refractivity contribution in [1.29, 1.82) is 0 Å². The zero-order valence-electron chi connectivity index (χ0n) is 15.4. The maximum Gasteiger partial charge on any atom is 0.374 e. The number of hydrogen-bond donors (Lipinski definition) is 1. The Balaban J connectivity index is 1.33. The predicted molar refractivity (Wildman–Crippen MR) is 109 cm³/mol. The number of thiazole rings is 1. The fourth-order valence-corrected chi connectivity index (χ4v) is 3.40. The molecule has 0 atom stereocenters. The number of rotatable bonds is 6. The number of ether oxygens (including phenoxy) is 2. The van der Waals surface area contributed by atoms with Crippen molar-refractivity contribution in [2.75, 3.05) is 19.0 Å². The van der Waals surface area contributed by atoms with Crippen molar-refractivity contribution in [3.63, 3.8) is 0 Å². The fraction of sp³-hybridized carbons (Fsp3) is 0.0952. The number of carbonyl (C=O) groups is 2. The molecule has 0 aliphatic carbocycles. The molecule has 0 fully saturated rings. The van der Waals surface area contributed by atoms with Crippen LogP contribution in [0.1, 0.15) is 10.6 Å². The summed E-state index contributed by atoms with van der Waals surface area (Å²) in [5, 5.41) is 5.66. The molecular weight excluding hydrogens is 392 g/mol. The van der Waals surface area contributed by atoms with Gasteiger partial charge < -0.3 is 13.9 Å². The minimum atomic E-state index is -0.700. The SMILES string of the molecule is COc1ccc(-c2csc(NC(=O)COC(=O)c3cc4ccccc4o3)n2)cc1. The number of para-hydroxylation sites is 1. The molecule has 0 radical (unpaired) electrons. The first-order valence-electron chi connectivity index (χ1n) is 8.68. The lowest BCUT2D eigenvalue weighted by Gasteiger charge is -2.03. The quantitative estimate of drug-likeness (QED) is 0.477. The lowest BCUT2D eigenvalue weighted by atomic mass is 10.2. The Hall–Kier alpha value is -3.65. The van der Waals surface area contributed by atoms with Gasteiger partial charge in [-0.1, -0.05) is 18.2 Å². The number of carbonyl (C=O) groups excluding carboxylic acids is 2. The Morgan fingerprint density at radius 1 is 1.14 bits per heavy atom. The molecule has 4 aromatic rings. The molecule has 4 rings (SSSR count). The molecular formula is C21H16N2O5S. The Labute approximate surface area is 169 Å². The number of esters is 1. The summed E-state index contributed by atoms with van der Waals surface area (Å²) in [6, 6.07) is 16.2. The zero-order chi connectivity index (χ0) is 20.2. The number of methoxy groups -OCH3 is 1. The molecule has 146 valence electrons. The molecule has 29 heavy (non-hydrogen) atoms. The van der Waals surface area contributed by atoms with Gasteiger partial charge >= 0.3 is 5.97 Å². The lowest BCUT2D eigenvalue weighted by Crippen LogP contribution is -2.20. The van der Waals surface area contributed by atoms with Crippen LogP contribution in [0.4, 0.5) is 5.13 Å². The first-order valence-corrected chi connectivity index (χ1v) is 9.56. The molecule has 7 nitrogen and oxygen atoms in total. The third-order valence-electron chi connectivity index (χ3n) is 4.10. The van der Waals surface area contributed by atoms with E-state index in [1.165, 1.54) is 11.3 Å². The van der Waals surface area contributed by atoms with Crippen LogP contribution >= 0.6 is 11.3 Å². The standard InChI is InChI=1S/C21H16N2O5S/c1-26-15-8-6-13(7-9-15)16-12-29-21(22-16)23-19(24)11-27-20(25)18-10-14-4-2-3-5-17(14)28-18/h2-10,12H,11H2,1H3,(H,22,23,24). The van der Waals surface area contributed by atoms with Gasteiger partial charge in [0, 0.05) is 16.3 Å². The molecule has 0 spiro atoms. The lowest BCUT2D eigenvalue weighted by molar-refractivity contribution is -0.119. The molecule has 1 amide bonds. The topological polar surface area (TPSA) is 90.7 Å². The van der Waals surface area contributed by atoms with Crippen molar-refractivity contribution >= 4 is 39.3 Å². The highest BCUT2D eigenvalue weighted by atomic mass is 32.1. The molecule has 0 saturated heterocycles. The van der Waals surface area contributed by atoms with Crippen molar-refractivity contribution in [3.05, 3.63) is 65.7 Å². The summed E-state index contributed by atoms with van der Waals surface area (Å²) in [7, 11) is 1.60. The molecule has 0 aliphatic rings. The predicted octanol–water partition coefficient (Wildman–Crippen LogP) is 4.36. The van der Waals surface area contributed by atoms with Crippen LogP contribution in [0.2, 0.25) is 0 Å². The fourth-order valence-electron chi connectivity index (χ4n) is 2.67. The van der Waals surface area contributed by atoms with Gasteiger partial charge in [-0.05, 0) is 36.4 Å². The second-order valence-corrected chi connectivity index (χ2v) is 6.90. The largest absolute Gasteiger partial charge is 0.497 e. The van der Waals surface area contributed by atoms with E-state index in [9.17, 15) is 9.59 Å². The van der Waals surface area contributed by atoms with Crippen molar-refractivity contribution < 1.29 is 23.5 Å². The van der Waals surface area contributed by atoms with Gasteiger partial charge in [0.05, 0.1) is 12.8 Å². The Bertz CT molecular complexity index is 1130. The number of nitrogens with zero attached hydrogens (tertiary/aromatic N) is 1. The highest BCUT2D eigenvalue weighted by Gasteiger charge is 2.16. The monoisotopic (exact) mass is 408 g/mol. The highest BCUT2D eigenvalue weighted by Crippen LogP contribution is 2.26. The van der Waals surface area contributed by atoms with E-state index in [-0.39, 0.29) is 5.76 Å². The summed E-state index contributed by atoms with van der Waals surface area (Å²) in [5.74, 6) is -0.377.